The van der Waals surface area contributed by atoms with Crippen molar-refractivity contribution in [2.75, 3.05) is 32.1 Å². The lowest BCUT2D eigenvalue weighted by atomic mass is 10.0. The molecule has 2 rings (SSSR count). The molecule has 0 aromatic heterocycles. The third kappa shape index (κ3) is 3.62. The van der Waals surface area contributed by atoms with Crippen LogP contribution in [0, 0.1) is 0 Å². The first kappa shape index (κ1) is 13.7. The number of ether oxygens (including phenoxy) is 1. The molecule has 0 spiro atoms. The van der Waals surface area contributed by atoms with Crippen LogP contribution in [0.25, 0.3) is 0 Å². The third-order valence-corrected chi connectivity index (χ3v) is 3.97. The Bertz CT molecular complexity index is 389. The van der Waals surface area contributed by atoms with E-state index < -0.39 is 0 Å². The number of likely N-dealkylation sites (tertiary alicyclic amines) is 1. The van der Waals surface area contributed by atoms with Gasteiger partial charge in [-0.25, -0.2) is 0 Å². The van der Waals surface area contributed by atoms with Crippen LogP contribution in [0.2, 0.25) is 0 Å². The third-order valence-electron chi connectivity index (χ3n) is 3.51. The molecule has 1 aliphatic heterocycles. The molecule has 100 valence electrons. The van der Waals surface area contributed by atoms with E-state index in [-0.39, 0.29) is 0 Å². The van der Waals surface area contributed by atoms with Gasteiger partial charge in [0.05, 0.1) is 7.11 Å². The molecule has 0 aliphatic carbocycles. The number of methoxy groups -OCH3 is 1. The van der Waals surface area contributed by atoms with Crippen molar-refractivity contribution >= 4 is 21.6 Å². The van der Waals surface area contributed by atoms with E-state index >= 15 is 0 Å². The van der Waals surface area contributed by atoms with Crippen molar-refractivity contribution < 1.29 is 4.74 Å². The second-order valence-corrected chi connectivity index (χ2v) is 5.65. The first-order valence-electron chi connectivity index (χ1n) is 6.54. The lowest BCUT2D eigenvalue weighted by molar-refractivity contribution is 0.229. The highest BCUT2D eigenvalue weighted by molar-refractivity contribution is 9.10. The number of nitrogens with zero attached hydrogens (tertiary/aromatic N) is 1. The predicted molar refractivity (Wildman–Crippen MR) is 79.5 cm³/mol. The molecular formula is C14H21BrN2O. The highest BCUT2D eigenvalue weighted by Crippen LogP contribution is 2.26. The monoisotopic (exact) mass is 312 g/mol. The van der Waals surface area contributed by atoms with Crippen molar-refractivity contribution in [2.24, 2.45) is 0 Å². The summed E-state index contributed by atoms with van der Waals surface area (Å²) in [5, 5.41) is 3.60. The molecule has 1 fully saturated rings. The number of benzene rings is 1. The number of hydrogen-bond donors (Lipinski definition) is 1. The quantitative estimate of drug-likeness (QED) is 0.922. The van der Waals surface area contributed by atoms with Gasteiger partial charge in [-0.15, -0.1) is 0 Å². The highest BCUT2D eigenvalue weighted by Gasteiger charge is 2.17. The van der Waals surface area contributed by atoms with Gasteiger partial charge in [0, 0.05) is 35.4 Å². The normalized spacial score (nSPS) is 17.7. The number of nitrogens with one attached hydrogen (secondary N) is 1. The van der Waals surface area contributed by atoms with Gasteiger partial charge in [-0.1, -0.05) is 22.9 Å². The minimum absolute atomic E-state index is 0.576. The average Bonchev–Trinajstić information content (AvgIpc) is 2.39. The first-order chi connectivity index (χ1) is 8.71. The summed E-state index contributed by atoms with van der Waals surface area (Å²) in [5.74, 6) is 0.887. The van der Waals surface area contributed by atoms with Crippen LogP contribution in [0.4, 0.5) is 5.69 Å². The van der Waals surface area contributed by atoms with Gasteiger partial charge in [-0.05, 0) is 31.5 Å². The minimum atomic E-state index is 0.576. The van der Waals surface area contributed by atoms with E-state index in [0.717, 1.165) is 22.5 Å². The molecule has 0 amide bonds. The number of halogens is 1. The van der Waals surface area contributed by atoms with E-state index in [4.69, 9.17) is 4.74 Å². The van der Waals surface area contributed by atoms with Gasteiger partial charge in [0.15, 0.2) is 0 Å². The zero-order valence-electron chi connectivity index (χ0n) is 11.1. The number of hydrogen-bond acceptors (Lipinski definition) is 3. The SMILES string of the molecule is CCN1CCC(Nc2cc(Br)cc(OC)c2)CC1. The summed E-state index contributed by atoms with van der Waals surface area (Å²) in [4.78, 5) is 2.50. The summed E-state index contributed by atoms with van der Waals surface area (Å²) in [6.45, 7) is 5.78. The van der Waals surface area contributed by atoms with Crippen molar-refractivity contribution in [3.05, 3.63) is 22.7 Å². The number of anilines is 1. The van der Waals surface area contributed by atoms with Gasteiger partial charge in [0.2, 0.25) is 0 Å². The Kier molecular flexibility index (Phi) is 4.89. The van der Waals surface area contributed by atoms with Crippen LogP contribution in [0.3, 0.4) is 0 Å². The van der Waals surface area contributed by atoms with Gasteiger partial charge >= 0.3 is 0 Å². The number of piperidine rings is 1. The predicted octanol–water partition coefficient (Wildman–Crippen LogP) is 3.35. The fourth-order valence-corrected chi connectivity index (χ4v) is 2.87. The smallest absolute Gasteiger partial charge is 0.122 e. The maximum absolute atomic E-state index is 5.28. The molecule has 0 unspecified atom stereocenters. The molecule has 0 bridgehead atoms. The van der Waals surface area contributed by atoms with Crippen LogP contribution in [-0.4, -0.2) is 37.7 Å². The van der Waals surface area contributed by atoms with Crippen LogP contribution in [0.15, 0.2) is 22.7 Å². The van der Waals surface area contributed by atoms with Crippen LogP contribution in [0.5, 0.6) is 5.75 Å². The summed E-state index contributed by atoms with van der Waals surface area (Å²) in [5.41, 5.74) is 1.14. The zero-order valence-corrected chi connectivity index (χ0v) is 12.7. The summed E-state index contributed by atoms with van der Waals surface area (Å²) in [7, 11) is 1.70. The summed E-state index contributed by atoms with van der Waals surface area (Å²) in [6, 6.07) is 6.71. The van der Waals surface area contributed by atoms with E-state index in [1.807, 2.05) is 6.07 Å². The van der Waals surface area contributed by atoms with E-state index in [2.05, 4.69) is 45.2 Å². The summed E-state index contributed by atoms with van der Waals surface area (Å²) in [6.07, 6.45) is 2.42. The Balaban J connectivity index is 1.95. The fraction of sp³-hybridized carbons (Fsp3) is 0.571. The Labute approximate surface area is 118 Å². The summed E-state index contributed by atoms with van der Waals surface area (Å²) < 4.78 is 6.33. The molecule has 1 aromatic rings. The highest BCUT2D eigenvalue weighted by atomic mass is 79.9. The van der Waals surface area contributed by atoms with Crippen LogP contribution in [-0.2, 0) is 0 Å². The Morgan fingerprint density at radius 3 is 2.67 bits per heavy atom. The van der Waals surface area contributed by atoms with Gasteiger partial charge in [-0.3, -0.25) is 0 Å². The minimum Gasteiger partial charge on any atom is -0.497 e. The molecule has 4 heteroatoms. The van der Waals surface area contributed by atoms with Crippen LogP contribution < -0.4 is 10.1 Å². The lowest BCUT2D eigenvalue weighted by Crippen LogP contribution is -2.38. The molecule has 1 N–H and O–H groups in total. The Morgan fingerprint density at radius 1 is 1.33 bits per heavy atom. The molecule has 0 atom stereocenters. The largest absolute Gasteiger partial charge is 0.497 e. The standard InChI is InChI=1S/C14H21BrN2O/c1-3-17-6-4-12(5-7-17)16-13-8-11(15)9-14(10-13)18-2/h8-10,12,16H,3-7H2,1-2H3. The number of rotatable bonds is 4. The molecular weight excluding hydrogens is 292 g/mol. The Morgan fingerprint density at radius 2 is 2.06 bits per heavy atom. The second kappa shape index (κ2) is 6.43. The van der Waals surface area contributed by atoms with E-state index in [1.165, 1.54) is 25.9 Å². The lowest BCUT2D eigenvalue weighted by Gasteiger charge is -2.32. The molecule has 1 aromatic carbocycles. The van der Waals surface area contributed by atoms with Crippen molar-refractivity contribution in [1.82, 2.24) is 4.90 Å². The second-order valence-electron chi connectivity index (χ2n) is 4.73. The topological polar surface area (TPSA) is 24.5 Å². The first-order valence-corrected chi connectivity index (χ1v) is 7.34. The van der Waals surface area contributed by atoms with Crippen molar-refractivity contribution in [3.63, 3.8) is 0 Å². The molecule has 0 radical (unpaired) electrons. The molecule has 1 saturated heterocycles. The Hall–Kier alpha value is -0.740. The van der Waals surface area contributed by atoms with Crippen LogP contribution in [0.1, 0.15) is 19.8 Å². The molecule has 3 nitrogen and oxygen atoms in total. The van der Waals surface area contributed by atoms with Gasteiger partial charge in [0.25, 0.3) is 0 Å². The maximum atomic E-state index is 5.28. The fourth-order valence-electron chi connectivity index (χ4n) is 2.39. The van der Waals surface area contributed by atoms with E-state index in [0.29, 0.717) is 6.04 Å². The van der Waals surface area contributed by atoms with Gasteiger partial charge < -0.3 is 15.0 Å². The average molecular weight is 313 g/mol. The maximum Gasteiger partial charge on any atom is 0.122 e. The van der Waals surface area contributed by atoms with Crippen molar-refractivity contribution in [3.8, 4) is 5.75 Å². The van der Waals surface area contributed by atoms with E-state index in [9.17, 15) is 0 Å². The van der Waals surface area contributed by atoms with Gasteiger partial charge in [0.1, 0.15) is 5.75 Å². The van der Waals surface area contributed by atoms with Crippen molar-refractivity contribution in [2.45, 2.75) is 25.8 Å². The molecule has 1 aliphatic rings. The van der Waals surface area contributed by atoms with Crippen molar-refractivity contribution in [1.29, 1.82) is 0 Å². The molecule has 0 saturated carbocycles. The molecule has 18 heavy (non-hydrogen) atoms. The van der Waals surface area contributed by atoms with Crippen LogP contribution >= 0.6 is 15.9 Å². The van der Waals surface area contributed by atoms with Gasteiger partial charge in [-0.2, -0.15) is 0 Å². The summed E-state index contributed by atoms with van der Waals surface area (Å²) >= 11 is 3.51. The zero-order chi connectivity index (χ0) is 13.0. The van der Waals surface area contributed by atoms with E-state index in [1.54, 1.807) is 7.11 Å². The molecule has 1 heterocycles.